The summed E-state index contributed by atoms with van der Waals surface area (Å²) in [5, 5.41) is 0.992. The first-order valence-corrected chi connectivity index (χ1v) is 7.59. The molecule has 0 unspecified atom stereocenters. The summed E-state index contributed by atoms with van der Waals surface area (Å²) in [6, 6.07) is 2.73. The molecule has 0 N–H and O–H groups in total. The van der Waals surface area contributed by atoms with Crippen LogP contribution in [0, 0.1) is 6.92 Å². The molecule has 0 radical (unpaired) electrons. The van der Waals surface area contributed by atoms with E-state index in [9.17, 15) is 0 Å². The topological polar surface area (TPSA) is 16.1 Å². The number of pyridine rings is 1. The highest BCUT2D eigenvalue weighted by Gasteiger charge is 2.26. The number of nitrogens with zero attached hydrogens (tertiary/aromatic N) is 2. The van der Waals surface area contributed by atoms with E-state index in [2.05, 4.69) is 48.7 Å². The Bertz CT molecular complexity index is 364. The molecule has 0 bridgehead atoms. The lowest BCUT2D eigenvalue weighted by Crippen LogP contribution is -2.42. The molecule has 16 heavy (non-hydrogen) atoms. The van der Waals surface area contributed by atoms with Gasteiger partial charge < -0.3 is 4.90 Å². The van der Waals surface area contributed by atoms with E-state index < -0.39 is 0 Å². The molecular formula is C12H16Br2N2. The zero-order chi connectivity index (χ0) is 11.5. The Morgan fingerprint density at radius 3 is 2.81 bits per heavy atom. The Morgan fingerprint density at radius 2 is 2.25 bits per heavy atom. The Morgan fingerprint density at radius 1 is 1.50 bits per heavy atom. The summed E-state index contributed by atoms with van der Waals surface area (Å²) in [4.78, 5) is 6.95. The average molecular weight is 348 g/mol. The Hall–Kier alpha value is -0.0900. The molecule has 1 heterocycles. The molecule has 0 saturated heterocycles. The van der Waals surface area contributed by atoms with Crippen molar-refractivity contribution in [3.8, 4) is 0 Å². The largest absolute Gasteiger partial charge is 0.352 e. The number of hydrogen-bond acceptors (Lipinski definition) is 2. The van der Waals surface area contributed by atoms with Gasteiger partial charge in [-0.05, 0) is 53.7 Å². The fourth-order valence-electron chi connectivity index (χ4n) is 1.98. The van der Waals surface area contributed by atoms with Crippen molar-refractivity contribution >= 4 is 37.7 Å². The molecule has 0 spiro atoms. The summed E-state index contributed by atoms with van der Waals surface area (Å²) in [6.45, 7) is 3.14. The lowest BCUT2D eigenvalue weighted by Gasteiger charge is -2.38. The van der Waals surface area contributed by atoms with Crippen LogP contribution in [0.1, 0.15) is 24.8 Å². The smallest absolute Gasteiger partial charge is 0.143 e. The molecule has 4 heteroatoms. The highest BCUT2D eigenvalue weighted by Crippen LogP contribution is 2.33. The van der Waals surface area contributed by atoms with Crippen molar-refractivity contribution in [2.24, 2.45) is 0 Å². The molecule has 0 amide bonds. The van der Waals surface area contributed by atoms with Gasteiger partial charge in [0.25, 0.3) is 0 Å². The summed E-state index contributed by atoms with van der Waals surface area (Å²) in [7, 11) is 0. The van der Waals surface area contributed by atoms with E-state index in [-0.39, 0.29) is 0 Å². The predicted octanol–water partition coefficient (Wildman–Crippen LogP) is 3.91. The minimum atomic E-state index is 0.683. The molecule has 1 aromatic rings. The molecule has 2 rings (SSSR count). The molecule has 0 aromatic carbocycles. The Kier molecular flexibility index (Phi) is 4.25. The molecular weight excluding hydrogens is 332 g/mol. The van der Waals surface area contributed by atoms with Gasteiger partial charge in [-0.1, -0.05) is 15.9 Å². The lowest BCUT2D eigenvalue weighted by atomic mass is 9.91. The SMILES string of the molecule is Cc1ccnc(N(CCBr)C2CCC2)c1Br. The normalized spacial score (nSPS) is 15.9. The van der Waals surface area contributed by atoms with E-state index in [1.165, 1.54) is 24.8 Å². The first kappa shape index (κ1) is 12.4. The van der Waals surface area contributed by atoms with Crippen LogP contribution in [0.15, 0.2) is 16.7 Å². The number of anilines is 1. The quantitative estimate of drug-likeness (QED) is 0.768. The van der Waals surface area contributed by atoms with Gasteiger partial charge in [0.1, 0.15) is 5.82 Å². The minimum Gasteiger partial charge on any atom is -0.352 e. The van der Waals surface area contributed by atoms with Gasteiger partial charge in [0.2, 0.25) is 0 Å². The van der Waals surface area contributed by atoms with E-state index >= 15 is 0 Å². The third-order valence-corrected chi connectivity index (χ3v) is 4.51. The number of halogens is 2. The third-order valence-electron chi connectivity index (χ3n) is 3.18. The number of alkyl halides is 1. The van der Waals surface area contributed by atoms with E-state index in [0.29, 0.717) is 6.04 Å². The molecule has 88 valence electrons. The number of aromatic nitrogens is 1. The zero-order valence-corrected chi connectivity index (χ0v) is 12.6. The van der Waals surface area contributed by atoms with Crippen LogP contribution in [-0.2, 0) is 0 Å². The van der Waals surface area contributed by atoms with Crippen molar-refractivity contribution < 1.29 is 0 Å². The lowest BCUT2D eigenvalue weighted by molar-refractivity contribution is 0.388. The van der Waals surface area contributed by atoms with Crippen molar-refractivity contribution in [1.29, 1.82) is 0 Å². The van der Waals surface area contributed by atoms with Crippen molar-refractivity contribution in [3.63, 3.8) is 0 Å². The molecule has 1 aliphatic carbocycles. The number of rotatable bonds is 4. The molecule has 1 saturated carbocycles. The average Bonchev–Trinajstić information content (AvgIpc) is 2.19. The van der Waals surface area contributed by atoms with Gasteiger partial charge in [0, 0.05) is 24.1 Å². The third kappa shape index (κ3) is 2.43. The molecule has 1 fully saturated rings. The Balaban J connectivity index is 2.26. The van der Waals surface area contributed by atoms with E-state index in [4.69, 9.17) is 0 Å². The second-order valence-electron chi connectivity index (χ2n) is 4.23. The Labute approximate surface area is 114 Å². The second kappa shape index (κ2) is 5.50. The first-order chi connectivity index (χ1) is 7.74. The highest BCUT2D eigenvalue weighted by molar-refractivity contribution is 9.10. The van der Waals surface area contributed by atoms with Gasteiger partial charge in [-0.25, -0.2) is 4.98 Å². The van der Waals surface area contributed by atoms with Crippen LogP contribution in [0.5, 0.6) is 0 Å². The fourth-order valence-corrected chi connectivity index (χ4v) is 2.82. The summed E-state index contributed by atoms with van der Waals surface area (Å²) in [6.07, 6.45) is 5.85. The van der Waals surface area contributed by atoms with Crippen LogP contribution in [0.2, 0.25) is 0 Å². The molecule has 0 aliphatic heterocycles. The number of hydrogen-bond donors (Lipinski definition) is 0. The summed E-state index contributed by atoms with van der Waals surface area (Å²) in [5.41, 5.74) is 1.25. The fraction of sp³-hybridized carbons (Fsp3) is 0.583. The molecule has 2 nitrogen and oxygen atoms in total. The van der Waals surface area contributed by atoms with Gasteiger partial charge in [-0.3, -0.25) is 0 Å². The highest BCUT2D eigenvalue weighted by atomic mass is 79.9. The van der Waals surface area contributed by atoms with Crippen LogP contribution < -0.4 is 4.90 Å². The standard InChI is InChI=1S/C12H16Br2N2/c1-9-5-7-15-12(11(9)14)16(8-6-13)10-3-2-4-10/h5,7,10H,2-4,6,8H2,1H3. The predicted molar refractivity (Wildman–Crippen MR) is 75.5 cm³/mol. The van der Waals surface area contributed by atoms with Gasteiger partial charge in [0.15, 0.2) is 0 Å². The van der Waals surface area contributed by atoms with Crippen LogP contribution in [0.3, 0.4) is 0 Å². The van der Waals surface area contributed by atoms with Crippen molar-refractivity contribution in [2.45, 2.75) is 32.2 Å². The van der Waals surface area contributed by atoms with Crippen molar-refractivity contribution in [2.75, 3.05) is 16.8 Å². The maximum atomic E-state index is 4.52. The van der Waals surface area contributed by atoms with E-state index in [0.717, 1.165) is 22.2 Å². The van der Waals surface area contributed by atoms with Crippen LogP contribution in [0.4, 0.5) is 5.82 Å². The van der Waals surface area contributed by atoms with Crippen LogP contribution in [0.25, 0.3) is 0 Å². The maximum Gasteiger partial charge on any atom is 0.143 e. The molecule has 0 atom stereocenters. The minimum absolute atomic E-state index is 0.683. The zero-order valence-electron chi connectivity index (χ0n) is 9.42. The molecule has 1 aromatic heterocycles. The first-order valence-electron chi connectivity index (χ1n) is 5.67. The van der Waals surface area contributed by atoms with Gasteiger partial charge >= 0.3 is 0 Å². The monoisotopic (exact) mass is 346 g/mol. The summed E-state index contributed by atoms with van der Waals surface area (Å²) in [5.74, 6) is 1.10. The van der Waals surface area contributed by atoms with Gasteiger partial charge in [0.05, 0.1) is 4.47 Å². The van der Waals surface area contributed by atoms with Gasteiger partial charge in [-0.2, -0.15) is 0 Å². The van der Waals surface area contributed by atoms with Crippen molar-refractivity contribution in [1.82, 2.24) is 4.98 Å². The number of aryl methyl sites for hydroxylation is 1. The summed E-state index contributed by atoms with van der Waals surface area (Å²) >= 11 is 7.18. The van der Waals surface area contributed by atoms with E-state index in [1.807, 2.05) is 12.3 Å². The van der Waals surface area contributed by atoms with Crippen molar-refractivity contribution in [3.05, 3.63) is 22.3 Å². The maximum absolute atomic E-state index is 4.52. The second-order valence-corrected chi connectivity index (χ2v) is 5.82. The van der Waals surface area contributed by atoms with Crippen LogP contribution in [-0.4, -0.2) is 22.9 Å². The van der Waals surface area contributed by atoms with Gasteiger partial charge in [-0.15, -0.1) is 0 Å². The van der Waals surface area contributed by atoms with E-state index in [1.54, 1.807) is 0 Å². The summed E-state index contributed by atoms with van der Waals surface area (Å²) < 4.78 is 1.14. The molecule has 1 aliphatic rings. The van der Waals surface area contributed by atoms with Crippen LogP contribution >= 0.6 is 31.9 Å².